The van der Waals surface area contributed by atoms with E-state index in [0.717, 1.165) is 29.9 Å². The monoisotopic (exact) mass is 260 g/mol. The SMILES string of the molecule is Cc1ccc(-c2nnc(CCNC(C)C)o2)c(C)n1. The molecule has 0 atom stereocenters. The van der Waals surface area contributed by atoms with Crippen LogP contribution in [0.15, 0.2) is 16.5 Å². The molecule has 2 aromatic heterocycles. The highest BCUT2D eigenvalue weighted by Gasteiger charge is 2.11. The average Bonchev–Trinajstić information content (AvgIpc) is 2.77. The van der Waals surface area contributed by atoms with Gasteiger partial charge < -0.3 is 9.73 Å². The third kappa shape index (κ3) is 3.61. The second kappa shape index (κ2) is 5.93. The zero-order chi connectivity index (χ0) is 13.8. The van der Waals surface area contributed by atoms with Crippen molar-refractivity contribution in [2.45, 2.75) is 40.2 Å². The number of pyridine rings is 1. The Morgan fingerprint density at radius 2 is 2.00 bits per heavy atom. The molecule has 0 saturated carbocycles. The number of nitrogens with one attached hydrogen (secondary N) is 1. The van der Waals surface area contributed by atoms with Gasteiger partial charge in [0.25, 0.3) is 0 Å². The van der Waals surface area contributed by atoms with Gasteiger partial charge in [0.1, 0.15) is 0 Å². The van der Waals surface area contributed by atoms with Gasteiger partial charge in [-0.05, 0) is 26.0 Å². The molecule has 0 spiro atoms. The summed E-state index contributed by atoms with van der Waals surface area (Å²) >= 11 is 0. The van der Waals surface area contributed by atoms with Gasteiger partial charge in [-0.1, -0.05) is 13.8 Å². The number of rotatable bonds is 5. The predicted molar refractivity (Wildman–Crippen MR) is 73.8 cm³/mol. The Hall–Kier alpha value is -1.75. The Labute approximate surface area is 113 Å². The van der Waals surface area contributed by atoms with Crippen LogP contribution < -0.4 is 5.32 Å². The number of aromatic nitrogens is 3. The highest BCUT2D eigenvalue weighted by molar-refractivity contribution is 5.55. The van der Waals surface area contributed by atoms with Gasteiger partial charge in [-0.3, -0.25) is 4.98 Å². The Bertz CT molecular complexity index is 548. The maximum atomic E-state index is 5.67. The molecular weight excluding hydrogens is 240 g/mol. The van der Waals surface area contributed by atoms with Gasteiger partial charge in [0.05, 0.1) is 11.3 Å². The average molecular weight is 260 g/mol. The molecule has 2 rings (SSSR count). The van der Waals surface area contributed by atoms with Crippen LogP contribution in [0.5, 0.6) is 0 Å². The van der Waals surface area contributed by atoms with Gasteiger partial charge in [0.2, 0.25) is 11.8 Å². The van der Waals surface area contributed by atoms with Crippen molar-refractivity contribution in [2.75, 3.05) is 6.54 Å². The van der Waals surface area contributed by atoms with Crippen LogP contribution in [0.25, 0.3) is 11.5 Å². The van der Waals surface area contributed by atoms with E-state index in [0.29, 0.717) is 17.8 Å². The molecule has 2 heterocycles. The van der Waals surface area contributed by atoms with Crippen LogP contribution >= 0.6 is 0 Å². The summed E-state index contributed by atoms with van der Waals surface area (Å²) in [5.74, 6) is 1.20. The number of hydrogen-bond acceptors (Lipinski definition) is 5. The highest BCUT2D eigenvalue weighted by Crippen LogP contribution is 2.20. The maximum absolute atomic E-state index is 5.67. The molecule has 0 aliphatic rings. The van der Waals surface area contributed by atoms with E-state index in [1.807, 2.05) is 26.0 Å². The lowest BCUT2D eigenvalue weighted by Crippen LogP contribution is -2.25. The molecule has 0 saturated heterocycles. The van der Waals surface area contributed by atoms with E-state index in [2.05, 4.69) is 34.3 Å². The summed E-state index contributed by atoms with van der Waals surface area (Å²) in [6.45, 7) is 8.98. The third-order valence-corrected chi connectivity index (χ3v) is 2.81. The second-order valence-electron chi connectivity index (χ2n) is 4.95. The van der Waals surface area contributed by atoms with Crippen LogP contribution in [-0.4, -0.2) is 27.8 Å². The van der Waals surface area contributed by atoms with E-state index in [1.54, 1.807) is 0 Å². The molecule has 5 nitrogen and oxygen atoms in total. The molecule has 0 radical (unpaired) electrons. The summed E-state index contributed by atoms with van der Waals surface area (Å²) in [4.78, 5) is 4.40. The van der Waals surface area contributed by atoms with Crippen molar-refractivity contribution in [3.8, 4) is 11.5 Å². The number of aryl methyl sites for hydroxylation is 2. The summed E-state index contributed by atoms with van der Waals surface area (Å²) in [5, 5.41) is 11.5. The molecular formula is C14H20N4O. The van der Waals surface area contributed by atoms with E-state index in [1.165, 1.54) is 0 Å². The van der Waals surface area contributed by atoms with Crippen LogP contribution in [0.4, 0.5) is 0 Å². The van der Waals surface area contributed by atoms with Gasteiger partial charge in [0.15, 0.2) is 0 Å². The lowest BCUT2D eigenvalue weighted by atomic mass is 10.2. The molecule has 1 N–H and O–H groups in total. The molecule has 0 unspecified atom stereocenters. The quantitative estimate of drug-likeness (QED) is 0.893. The lowest BCUT2D eigenvalue weighted by Gasteiger charge is -2.05. The fourth-order valence-corrected chi connectivity index (χ4v) is 1.84. The molecule has 0 fully saturated rings. The fourth-order valence-electron chi connectivity index (χ4n) is 1.84. The zero-order valence-corrected chi connectivity index (χ0v) is 11.9. The van der Waals surface area contributed by atoms with Gasteiger partial charge in [0, 0.05) is 24.7 Å². The molecule has 0 aliphatic heterocycles. The first-order valence-electron chi connectivity index (χ1n) is 6.56. The van der Waals surface area contributed by atoms with Crippen LogP contribution in [0.1, 0.15) is 31.1 Å². The van der Waals surface area contributed by atoms with Gasteiger partial charge in [-0.2, -0.15) is 0 Å². The molecule has 102 valence electrons. The Kier molecular flexibility index (Phi) is 4.27. The predicted octanol–water partition coefficient (Wildman–Crippen LogP) is 2.29. The lowest BCUT2D eigenvalue weighted by molar-refractivity contribution is 0.484. The summed E-state index contributed by atoms with van der Waals surface area (Å²) < 4.78 is 5.67. The molecule has 0 aliphatic carbocycles. The topological polar surface area (TPSA) is 63.8 Å². The van der Waals surface area contributed by atoms with Crippen LogP contribution in [-0.2, 0) is 6.42 Å². The first-order chi connectivity index (χ1) is 9.06. The Balaban J connectivity index is 2.08. The molecule has 0 bridgehead atoms. The van der Waals surface area contributed by atoms with E-state index in [9.17, 15) is 0 Å². The summed E-state index contributed by atoms with van der Waals surface area (Å²) in [6.07, 6.45) is 0.740. The number of nitrogens with zero attached hydrogens (tertiary/aromatic N) is 3. The van der Waals surface area contributed by atoms with Crippen molar-refractivity contribution in [1.82, 2.24) is 20.5 Å². The van der Waals surface area contributed by atoms with Crippen LogP contribution in [0, 0.1) is 13.8 Å². The smallest absolute Gasteiger partial charge is 0.249 e. The minimum absolute atomic E-state index is 0.464. The van der Waals surface area contributed by atoms with Crippen molar-refractivity contribution >= 4 is 0 Å². The van der Waals surface area contributed by atoms with Crippen molar-refractivity contribution in [2.24, 2.45) is 0 Å². The van der Waals surface area contributed by atoms with Gasteiger partial charge >= 0.3 is 0 Å². The van der Waals surface area contributed by atoms with Crippen LogP contribution in [0.3, 0.4) is 0 Å². The molecule has 5 heteroatoms. The minimum Gasteiger partial charge on any atom is -0.421 e. The van der Waals surface area contributed by atoms with Crippen LogP contribution in [0.2, 0.25) is 0 Å². The summed E-state index contributed by atoms with van der Waals surface area (Å²) in [5.41, 5.74) is 2.80. The molecule has 19 heavy (non-hydrogen) atoms. The Morgan fingerprint density at radius 3 is 2.68 bits per heavy atom. The highest BCUT2D eigenvalue weighted by atomic mass is 16.4. The standard InChI is InChI=1S/C14H20N4O/c1-9(2)15-8-7-13-17-18-14(19-13)12-6-5-10(3)16-11(12)4/h5-6,9,15H,7-8H2,1-4H3. The maximum Gasteiger partial charge on any atom is 0.249 e. The number of hydrogen-bond donors (Lipinski definition) is 1. The largest absolute Gasteiger partial charge is 0.421 e. The first-order valence-corrected chi connectivity index (χ1v) is 6.56. The van der Waals surface area contributed by atoms with Gasteiger partial charge in [-0.25, -0.2) is 0 Å². The second-order valence-corrected chi connectivity index (χ2v) is 4.95. The summed E-state index contributed by atoms with van der Waals surface area (Å²) in [7, 11) is 0. The molecule has 0 aromatic carbocycles. The minimum atomic E-state index is 0.464. The van der Waals surface area contributed by atoms with Crippen molar-refractivity contribution < 1.29 is 4.42 Å². The van der Waals surface area contributed by atoms with E-state index >= 15 is 0 Å². The van der Waals surface area contributed by atoms with Crippen molar-refractivity contribution in [3.63, 3.8) is 0 Å². The Morgan fingerprint density at radius 1 is 1.21 bits per heavy atom. The van der Waals surface area contributed by atoms with E-state index in [4.69, 9.17) is 4.42 Å². The third-order valence-electron chi connectivity index (χ3n) is 2.81. The summed E-state index contributed by atoms with van der Waals surface area (Å²) in [6, 6.07) is 4.39. The van der Waals surface area contributed by atoms with Crippen molar-refractivity contribution in [3.05, 3.63) is 29.4 Å². The van der Waals surface area contributed by atoms with E-state index in [-0.39, 0.29) is 0 Å². The first kappa shape index (κ1) is 13.7. The normalized spacial score (nSPS) is 11.2. The zero-order valence-electron chi connectivity index (χ0n) is 11.9. The van der Waals surface area contributed by atoms with Gasteiger partial charge in [-0.15, -0.1) is 10.2 Å². The fraction of sp³-hybridized carbons (Fsp3) is 0.500. The van der Waals surface area contributed by atoms with Crippen molar-refractivity contribution in [1.29, 1.82) is 0 Å². The van der Waals surface area contributed by atoms with E-state index < -0.39 is 0 Å². The molecule has 2 aromatic rings. The molecule has 0 amide bonds.